The van der Waals surface area contributed by atoms with Gasteiger partial charge in [-0.25, -0.2) is 4.98 Å². The molecule has 0 aliphatic carbocycles. The fraction of sp³-hybridized carbons (Fsp3) is 0.200. The van der Waals surface area contributed by atoms with Crippen LogP contribution in [0.25, 0.3) is 0 Å². The van der Waals surface area contributed by atoms with Gasteiger partial charge in [0.25, 0.3) is 11.8 Å². The van der Waals surface area contributed by atoms with Crippen molar-refractivity contribution in [1.29, 1.82) is 0 Å². The maximum atomic E-state index is 13.0. The largest absolute Gasteiger partial charge is 0.355 e. The summed E-state index contributed by atoms with van der Waals surface area (Å²) in [6.45, 7) is 0.455. The van der Waals surface area contributed by atoms with Gasteiger partial charge in [-0.05, 0) is 29.3 Å². The number of nitrogens with one attached hydrogen (secondary N) is 2. The Labute approximate surface area is 167 Å². The van der Waals surface area contributed by atoms with Crippen LogP contribution in [-0.2, 0) is 12.3 Å². The lowest BCUT2D eigenvalue weighted by Gasteiger charge is -2.19. The van der Waals surface area contributed by atoms with E-state index in [0.29, 0.717) is 28.6 Å². The first-order chi connectivity index (χ1) is 13.6. The predicted octanol–water partition coefficient (Wildman–Crippen LogP) is 2.73. The first-order valence-electron chi connectivity index (χ1n) is 8.71. The summed E-state index contributed by atoms with van der Waals surface area (Å²) < 4.78 is 0. The van der Waals surface area contributed by atoms with E-state index in [1.54, 1.807) is 31.1 Å². The molecule has 0 saturated heterocycles. The minimum absolute atomic E-state index is 0.0517. The number of amides is 2. The number of aromatic nitrogens is 3. The number of H-pyrrole nitrogens is 1. The van der Waals surface area contributed by atoms with Crippen LogP contribution in [0.15, 0.2) is 60.0 Å². The van der Waals surface area contributed by atoms with Crippen LogP contribution in [0, 0.1) is 0 Å². The number of carbonyl (C=O) groups is 2. The second-order valence-corrected chi connectivity index (χ2v) is 7.14. The van der Waals surface area contributed by atoms with E-state index in [0.717, 1.165) is 11.1 Å². The number of carbonyl (C=O) groups excluding carboxylic acids is 2. The van der Waals surface area contributed by atoms with Crippen LogP contribution in [0.2, 0.25) is 0 Å². The smallest absolute Gasteiger partial charge is 0.254 e. The molecule has 1 aromatic heterocycles. The zero-order valence-electron chi connectivity index (χ0n) is 15.7. The first-order valence-corrected chi connectivity index (χ1v) is 9.69. The predicted molar refractivity (Wildman–Crippen MR) is 108 cm³/mol. The van der Waals surface area contributed by atoms with Crippen LogP contribution < -0.4 is 5.32 Å². The van der Waals surface area contributed by atoms with Crippen LogP contribution in [0.3, 0.4) is 0 Å². The molecule has 0 unspecified atom stereocenters. The molecule has 144 valence electrons. The number of aromatic amines is 1. The van der Waals surface area contributed by atoms with Crippen LogP contribution in [0.5, 0.6) is 0 Å². The molecule has 2 amide bonds. The van der Waals surface area contributed by atoms with E-state index in [9.17, 15) is 9.59 Å². The molecule has 0 saturated carbocycles. The van der Waals surface area contributed by atoms with E-state index in [1.165, 1.54) is 18.1 Å². The van der Waals surface area contributed by atoms with Crippen molar-refractivity contribution in [1.82, 2.24) is 25.4 Å². The third-order valence-electron chi connectivity index (χ3n) is 4.21. The van der Waals surface area contributed by atoms with Gasteiger partial charge in [-0.1, -0.05) is 42.1 Å². The Hall–Kier alpha value is -3.13. The van der Waals surface area contributed by atoms with Crippen molar-refractivity contribution < 1.29 is 9.59 Å². The lowest BCUT2D eigenvalue weighted by molar-refractivity contribution is 0.0784. The zero-order valence-corrected chi connectivity index (χ0v) is 16.5. The number of nitrogens with zero attached hydrogens (tertiary/aromatic N) is 3. The van der Waals surface area contributed by atoms with E-state index < -0.39 is 0 Å². The van der Waals surface area contributed by atoms with E-state index in [4.69, 9.17) is 0 Å². The normalized spacial score (nSPS) is 10.5. The van der Waals surface area contributed by atoms with Crippen molar-refractivity contribution in [2.24, 2.45) is 0 Å². The molecule has 3 aromatic rings. The summed E-state index contributed by atoms with van der Waals surface area (Å²) in [6, 6.07) is 14.8. The molecule has 0 atom stereocenters. The molecule has 0 radical (unpaired) electrons. The maximum Gasteiger partial charge on any atom is 0.254 e. The number of hydrogen-bond donors (Lipinski definition) is 2. The molecule has 0 fully saturated rings. The Morgan fingerprint density at radius 1 is 1.14 bits per heavy atom. The van der Waals surface area contributed by atoms with Gasteiger partial charge in [0.05, 0.1) is 0 Å². The van der Waals surface area contributed by atoms with Gasteiger partial charge in [-0.3, -0.25) is 14.7 Å². The molecule has 0 aliphatic rings. The Kier molecular flexibility index (Phi) is 6.44. The minimum atomic E-state index is -0.130. The minimum Gasteiger partial charge on any atom is -0.355 e. The number of hydrogen-bond acceptors (Lipinski definition) is 5. The lowest BCUT2D eigenvalue weighted by atomic mass is 10.1. The van der Waals surface area contributed by atoms with Gasteiger partial charge in [-0.2, -0.15) is 5.10 Å². The van der Waals surface area contributed by atoms with Crippen LogP contribution in [-0.4, -0.2) is 46.0 Å². The van der Waals surface area contributed by atoms with Gasteiger partial charge < -0.3 is 10.2 Å². The SMILES string of the molecule is CNC(=O)c1ccc(CN(C)C(=O)c2ccccc2CSc2ncn[nH]2)cc1. The molecule has 1 heterocycles. The standard InChI is InChI=1S/C20H21N5O2S/c1-21-18(26)15-9-7-14(8-10-15)11-25(2)19(27)17-6-4-3-5-16(17)12-28-20-22-13-23-24-20/h3-10,13H,11-12H2,1-2H3,(H,21,26)(H,22,23,24). The zero-order chi connectivity index (χ0) is 19.9. The third-order valence-corrected chi connectivity index (χ3v) is 5.14. The molecule has 0 spiro atoms. The van der Waals surface area contributed by atoms with E-state index in [-0.39, 0.29) is 11.8 Å². The highest BCUT2D eigenvalue weighted by Gasteiger charge is 2.16. The van der Waals surface area contributed by atoms with Gasteiger partial charge in [0.1, 0.15) is 6.33 Å². The van der Waals surface area contributed by atoms with Crippen LogP contribution >= 0.6 is 11.8 Å². The van der Waals surface area contributed by atoms with Crippen molar-refractivity contribution in [3.8, 4) is 0 Å². The Morgan fingerprint density at radius 3 is 2.57 bits per heavy atom. The van der Waals surface area contributed by atoms with Gasteiger partial charge in [0.15, 0.2) is 5.16 Å². The average molecular weight is 395 g/mol. The summed E-state index contributed by atoms with van der Waals surface area (Å²) in [5.74, 6) is 0.435. The lowest BCUT2D eigenvalue weighted by Crippen LogP contribution is -2.27. The Bertz CT molecular complexity index is 941. The topological polar surface area (TPSA) is 91.0 Å². The van der Waals surface area contributed by atoms with E-state index >= 15 is 0 Å². The number of thioether (sulfide) groups is 1. The highest BCUT2D eigenvalue weighted by atomic mass is 32.2. The molecular weight excluding hydrogens is 374 g/mol. The van der Waals surface area contributed by atoms with Gasteiger partial charge >= 0.3 is 0 Å². The van der Waals surface area contributed by atoms with Crippen LogP contribution in [0.4, 0.5) is 0 Å². The fourth-order valence-electron chi connectivity index (χ4n) is 2.72. The second-order valence-electron chi connectivity index (χ2n) is 6.17. The third kappa shape index (κ3) is 4.77. The molecule has 8 heteroatoms. The van der Waals surface area contributed by atoms with Crippen molar-refractivity contribution >= 4 is 23.6 Å². The summed E-state index contributed by atoms with van der Waals surface area (Å²) >= 11 is 1.50. The summed E-state index contributed by atoms with van der Waals surface area (Å²) in [5, 5.41) is 9.95. The van der Waals surface area contributed by atoms with Crippen molar-refractivity contribution in [3.05, 3.63) is 77.1 Å². The molecule has 28 heavy (non-hydrogen) atoms. The summed E-state index contributed by atoms with van der Waals surface area (Å²) in [5.41, 5.74) is 3.15. The van der Waals surface area contributed by atoms with Crippen molar-refractivity contribution in [2.45, 2.75) is 17.5 Å². The van der Waals surface area contributed by atoms with E-state index in [2.05, 4.69) is 20.5 Å². The highest BCUT2D eigenvalue weighted by molar-refractivity contribution is 7.98. The second kappa shape index (κ2) is 9.18. The van der Waals surface area contributed by atoms with Crippen molar-refractivity contribution in [3.63, 3.8) is 0 Å². The number of benzene rings is 2. The van der Waals surface area contributed by atoms with Gasteiger partial charge in [0, 0.05) is 37.5 Å². The molecular formula is C20H21N5O2S. The van der Waals surface area contributed by atoms with Crippen molar-refractivity contribution in [2.75, 3.05) is 14.1 Å². The fourth-order valence-corrected chi connectivity index (χ4v) is 3.50. The van der Waals surface area contributed by atoms with Gasteiger partial charge in [0.2, 0.25) is 0 Å². The summed E-state index contributed by atoms with van der Waals surface area (Å²) in [4.78, 5) is 30.4. The van der Waals surface area contributed by atoms with Crippen LogP contribution in [0.1, 0.15) is 31.8 Å². The molecule has 2 N–H and O–H groups in total. The Morgan fingerprint density at radius 2 is 1.89 bits per heavy atom. The molecule has 3 rings (SSSR count). The van der Waals surface area contributed by atoms with Gasteiger partial charge in [-0.15, -0.1) is 0 Å². The number of rotatable bonds is 7. The summed E-state index contributed by atoms with van der Waals surface area (Å²) in [6.07, 6.45) is 1.46. The molecule has 0 aliphatic heterocycles. The highest BCUT2D eigenvalue weighted by Crippen LogP contribution is 2.22. The molecule has 2 aromatic carbocycles. The Balaban J connectivity index is 1.68. The average Bonchev–Trinajstić information content (AvgIpc) is 3.25. The molecule has 7 nitrogen and oxygen atoms in total. The van der Waals surface area contributed by atoms with E-state index in [1.807, 2.05) is 36.4 Å². The monoisotopic (exact) mass is 395 g/mol. The molecule has 0 bridgehead atoms. The quantitative estimate of drug-likeness (QED) is 0.600. The summed E-state index contributed by atoms with van der Waals surface area (Å²) in [7, 11) is 3.37. The maximum absolute atomic E-state index is 13.0. The first kappa shape index (κ1) is 19.6.